The Labute approximate surface area is 170 Å². The summed E-state index contributed by atoms with van der Waals surface area (Å²) in [5, 5.41) is 5.83. The summed E-state index contributed by atoms with van der Waals surface area (Å²) in [7, 11) is 0. The molecule has 29 heavy (non-hydrogen) atoms. The maximum atomic E-state index is 12.9. The second-order valence-corrected chi connectivity index (χ2v) is 6.98. The Morgan fingerprint density at radius 3 is 2.48 bits per heavy atom. The Hall–Kier alpha value is -3.60. The van der Waals surface area contributed by atoms with Crippen LogP contribution >= 0.6 is 0 Å². The third-order valence-corrected chi connectivity index (χ3v) is 5.06. The number of anilines is 4. The molecule has 2 amide bonds. The topological polar surface area (TPSA) is 61.4 Å². The van der Waals surface area contributed by atoms with Crippen molar-refractivity contribution in [2.75, 3.05) is 22.1 Å². The molecular formula is C24H23N3O2. The number of carbonyl (C=O) groups excluding carboxylic acids is 2. The van der Waals surface area contributed by atoms with Gasteiger partial charge in [-0.2, -0.15) is 0 Å². The van der Waals surface area contributed by atoms with Gasteiger partial charge in [-0.1, -0.05) is 43.3 Å². The molecule has 146 valence electrons. The highest BCUT2D eigenvalue weighted by molar-refractivity contribution is 6.07. The molecule has 0 spiro atoms. The first kappa shape index (κ1) is 18.7. The van der Waals surface area contributed by atoms with Crippen LogP contribution in [0.2, 0.25) is 0 Å². The van der Waals surface area contributed by atoms with E-state index in [9.17, 15) is 9.59 Å². The number of fused-ring (bicyclic) bond motifs is 1. The molecule has 4 rings (SSSR count). The van der Waals surface area contributed by atoms with Gasteiger partial charge in [0.05, 0.1) is 11.4 Å². The highest BCUT2D eigenvalue weighted by atomic mass is 16.2. The van der Waals surface area contributed by atoms with Gasteiger partial charge in [0.1, 0.15) is 0 Å². The van der Waals surface area contributed by atoms with Crippen LogP contribution in [0.1, 0.15) is 29.3 Å². The third-order valence-electron chi connectivity index (χ3n) is 5.06. The van der Waals surface area contributed by atoms with Crippen LogP contribution in [0.5, 0.6) is 0 Å². The minimum absolute atomic E-state index is 0.0828. The summed E-state index contributed by atoms with van der Waals surface area (Å²) < 4.78 is 0. The van der Waals surface area contributed by atoms with E-state index in [1.165, 1.54) is 11.3 Å². The summed E-state index contributed by atoms with van der Waals surface area (Å²) in [5.74, 6) is -0.293. The average Bonchev–Trinajstić information content (AvgIpc) is 3.18. The summed E-state index contributed by atoms with van der Waals surface area (Å²) in [5.41, 5.74) is 5.34. The van der Waals surface area contributed by atoms with Gasteiger partial charge in [0.25, 0.3) is 5.91 Å². The highest BCUT2D eigenvalue weighted by Gasteiger charge is 2.22. The first-order valence-electron chi connectivity index (χ1n) is 9.81. The van der Waals surface area contributed by atoms with E-state index in [1.54, 1.807) is 31.2 Å². The number of hydrogen-bond acceptors (Lipinski definition) is 3. The van der Waals surface area contributed by atoms with Gasteiger partial charge in [0.2, 0.25) is 5.91 Å². The number of hydrogen-bond donors (Lipinski definition) is 2. The predicted octanol–water partition coefficient (Wildman–Crippen LogP) is 4.98. The highest BCUT2D eigenvalue weighted by Crippen LogP contribution is 2.38. The van der Waals surface area contributed by atoms with Crippen LogP contribution in [0.15, 0.2) is 72.8 Å². The number of nitrogens with one attached hydrogen (secondary N) is 2. The first-order valence-corrected chi connectivity index (χ1v) is 9.81. The molecular weight excluding hydrogens is 362 g/mol. The van der Waals surface area contributed by atoms with Crippen molar-refractivity contribution in [3.8, 4) is 0 Å². The number of carbonyl (C=O) groups is 2. The fraction of sp³-hybridized carbons (Fsp3) is 0.167. The molecule has 1 aliphatic rings. The molecule has 3 aromatic rings. The molecule has 0 aromatic heterocycles. The number of benzene rings is 3. The molecule has 5 heteroatoms. The maximum Gasteiger partial charge on any atom is 0.255 e. The lowest BCUT2D eigenvalue weighted by atomic mass is 10.1. The van der Waals surface area contributed by atoms with Crippen LogP contribution in [0, 0.1) is 0 Å². The molecule has 3 aromatic carbocycles. The standard InChI is InChI=1S/C24H23N3O2/c1-2-23(28)25-19-10-7-9-18(16-19)24(29)26-20-11-4-6-13-22(20)27-15-14-17-8-3-5-12-21(17)27/h3-13,16H,2,14-15H2,1H3,(H,25,28)(H,26,29). The van der Waals surface area contributed by atoms with Crippen molar-refractivity contribution in [1.29, 1.82) is 0 Å². The van der Waals surface area contributed by atoms with Crippen LogP contribution < -0.4 is 15.5 Å². The van der Waals surface area contributed by atoms with Crippen molar-refractivity contribution < 1.29 is 9.59 Å². The van der Waals surface area contributed by atoms with E-state index in [0.29, 0.717) is 17.7 Å². The quantitative estimate of drug-likeness (QED) is 0.651. The summed E-state index contributed by atoms with van der Waals surface area (Å²) in [6.45, 7) is 2.67. The molecule has 0 unspecified atom stereocenters. The summed E-state index contributed by atoms with van der Waals surface area (Å²) in [4.78, 5) is 26.8. The molecule has 0 saturated carbocycles. The van der Waals surface area contributed by atoms with Crippen LogP contribution in [-0.2, 0) is 11.2 Å². The molecule has 0 bridgehead atoms. The smallest absolute Gasteiger partial charge is 0.255 e. The van der Waals surface area contributed by atoms with Crippen molar-refractivity contribution in [3.63, 3.8) is 0 Å². The number of para-hydroxylation sites is 3. The monoisotopic (exact) mass is 385 g/mol. The van der Waals surface area contributed by atoms with E-state index in [-0.39, 0.29) is 11.8 Å². The van der Waals surface area contributed by atoms with Crippen molar-refractivity contribution in [2.45, 2.75) is 19.8 Å². The van der Waals surface area contributed by atoms with E-state index in [1.807, 2.05) is 30.3 Å². The van der Waals surface area contributed by atoms with Gasteiger partial charge in [-0.3, -0.25) is 9.59 Å². The van der Waals surface area contributed by atoms with E-state index < -0.39 is 0 Å². The zero-order chi connectivity index (χ0) is 20.2. The summed E-state index contributed by atoms with van der Waals surface area (Å²) in [6, 6.07) is 23.2. The maximum absolute atomic E-state index is 12.9. The van der Waals surface area contributed by atoms with Crippen molar-refractivity contribution in [1.82, 2.24) is 0 Å². The van der Waals surface area contributed by atoms with Gasteiger partial charge in [-0.15, -0.1) is 0 Å². The van der Waals surface area contributed by atoms with Gasteiger partial charge in [-0.05, 0) is 48.4 Å². The minimum atomic E-state index is -0.211. The fourth-order valence-electron chi connectivity index (χ4n) is 3.59. The van der Waals surface area contributed by atoms with E-state index in [0.717, 1.165) is 24.3 Å². The number of nitrogens with zero attached hydrogens (tertiary/aromatic N) is 1. The van der Waals surface area contributed by atoms with Gasteiger partial charge in [0.15, 0.2) is 0 Å². The van der Waals surface area contributed by atoms with Gasteiger partial charge >= 0.3 is 0 Å². The largest absolute Gasteiger partial charge is 0.339 e. The first-order chi connectivity index (χ1) is 14.2. The number of rotatable bonds is 5. The third kappa shape index (κ3) is 3.99. The second-order valence-electron chi connectivity index (χ2n) is 6.98. The van der Waals surface area contributed by atoms with Crippen LogP contribution in [0.3, 0.4) is 0 Å². The van der Waals surface area contributed by atoms with Gasteiger partial charge in [0, 0.05) is 29.9 Å². The second kappa shape index (κ2) is 8.19. The zero-order valence-electron chi connectivity index (χ0n) is 16.3. The van der Waals surface area contributed by atoms with Crippen LogP contribution in [-0.4, -0.2) is 18.4 Å². The number of amides is 2. The van der Waals surface area contributed by atoms with Crippen molar-refractivity contribution in [3.05, 3.63) is 83.9 Å². The minimum Gasteiger partial charge on any atom is -0.339 e. The Morgan fingerprint density at radius 1 is 0.897 bits per heavy atom. The lowest BCUT2D eigenvalue weighted by Gasteiger charge is -2.23. The molecule has 0 radical (unpaired) electrons. The molecule has 5 nitrogen and oxygen atoms in total. The molecule has 0 aliphatic carbocycles. The lowest BCUT2D eigenvalue weighted by molar-refractivity contribution is -0.115. The zero-order valence-corrected chi connectivity index (χ0v) is 16.3. The molecule has 0 saturated heterocycles. The Bertz CT molecular complexity index is 1060. The van der Waals surface area contributed by atoms with Crippen molar-refractivity contribution in [2.24, 2.45) is 0 Å². The molecule has 1 aliphatic heterocycles. The molecule has 2 N–H and O–H groups in total. The van der Waals surface area contributed by atoms with E-state index >= 15 is 0 Å². The average molecular weight is 385 g/mol. The van der Waals surface area contributed by atoms with E-state index in [2.05, 4.69) is 33.7 Å². The normalized spacial score (nSPS) is 12.4. The summed E-state index contributed by atoms with van der Waals surface area (Å²) in [6.07, 6.45) is 1.37. The molecule has 0 atom stereocenters. The molecule has 1 heterocycles. The van der Waals surface area contributed by atoms with Crippen LogP contribution in [0.4, 0.5) is 22.7 Å². The molecule has 0 fully saturated rings. The summed E-state index contributed by atoms with van der Waals surface area (Å²) >= 11 is 0. The van der Waals surface area contributed by atoms with E-state index in [4.69, 9.17) is 0 Å². The van der Waals surface area contributed by atoms with Crippen LogP contribution in [0.25, 0.3) is 0 Å². The Kier molecular flexibility index (Phi) is 5.29. The van der Waals surface area contributed by atoms with Gasteiger partial charge in [-0.25, -0.2) is 0 Å². The fourth-order valence-corrected chi connectivity index (χ4v) is 3.59. The Balaban J connectivity index is 1.58. The van der Waals surface area contributed by atoms with Crippen molar-refractivity contribution >= 4 is 34.6 Å². The SMILES string of the molecule is CCC(=O)Nc1cccc(C(=O)Nc2ccccc2N2CCc3ccccc32)c1. The van der Waals surface area contributed by atoms with Gasteiger partial charge < -0.3 is 15.5 Å². The lowest BCUT2D eigenvalue weighted by Crippen LogP contribution is -2.18. The Morgan fingerprint density at radius 2 is 1.66 bits per heavy atom. The predicted molar refractivity (Wildman–Crippen MR) is 117 cm³/mol.